The maximum absolute atomic E-state index is 12.9. The van der Waals surface area contributed by atoms with Gasteiger partial charge in [-0.05, 0) is 55.7 Å². The topological polar surface area (TPSA) is 52.6 Å². The summed E-state index contributed by atoms with van der Waals surface area (Å²) in [6.45, 7) is 5.99. The molecule has 2 atom stereocenters. The van der Waals surface area contributed by atoms with Gasteiger partial charge >= 0.3 is 0 Å². The summed E-state index contributed by atoms with van der Waals surface area (Å²) in [6, 6.07) is 6.95. The Morgan fingerprint density at radius 3 is 2.50 bits per heavy atom. The number of hydrogen-bond acceptors (Lipinski definition) is 3. The van der Waals surface area contributed by atoms with Crippen LogP contribution in [-0.2, 0) is 10.2 Å². The van der Waals surface area contributed by atoms with E-state index < -0.39 is 5.41 Å². The summed E-state index contributed by atoms with van der Waals surface area (Å²) in [6.07, 6.45) is 0.798. The van der Waals surface area contributed by atoms with Gasteiger partial charge in [0.25, 0.3) is 0 Å². The van der Waals surface area contributed by atoms with E-state index in [1.807, 2.05) is 30.9 Å². The Bertz CT molecular complexity index is 473. The van der Waals surface area contributed by atoms with E-state index in [4.69, 9.17) is 11.8 Å². The molecule has 1 aliphatic carbocycles. The Kier molecular flexibility index (Phi) is 4.55. The van der Waals surface area contributed by atoms with Crippen molar-refractivity contribution in [1.29, 1.82) is 0 Å². The van der Waals surface area contributed by atoms with Crippen LogP contribution in [0, 0.1) is 5.92 Å². The minimum Gasteiger partial charge on any atom is -0.508 e. The van der Waals surface area contributed by atoms with Crippen LogP contribution in [0.1, 0.15) is 25.8 Å². The van der Waals surface area contributed by atoms with Gasteiger partial charge in [-0.1, -0.05) is 12.1 Å². The normalized spacial score (nSPS) is 24.4. The lowest BCUT2D eigenvalue weighted by atomic mass is 9.91. The van der Waals surface area contributed by atoms with Gasteiger partial charge in [-0.25, -0.2) is 4.84 Å². The van der Waals surface area contributed by atoms with E-state index >= 15 is 0 Å². The maximum Gasteiger partial charge on any atom is 0.233 e. The van der Waals surface area contributed by atoms with Crippen LogP contribution in [0.2, 0.25) is 0 Å². The number of rotatable bonds is 6. The lowest BCUT2D eigenvalue weighted by Crippen LogP contribution is -2.40. The fourth-order valence-electron chi connectivity index (χ4n) is 2.96. The molecule has 1 fully saturated rings. The summed E-state index contributed by atoms with van der Waals surface area (Å²) >= 11 is 5.61. The third-order valence-electron chi connectivity index (χ3n) is 4.24. The Hall–Kier alpha value is -1.26. The summed E-state index contributed by atoms with van der Waals surface area (Å²) in [4.78, 5) is 17.4. The number of nitrogens with one attached hydrogen (secondary N) is 1. The molecular weight excluding hydrogens is 276 g/mol. The first-order valence-electron chi connectivity index (χ1n) is 7.02. The van der Waals surface area contributed by atoms with E-state index in [2.05, 4.69) is 4.84 Å². The Morgan fingerprint density at radius 1 is 1.40 bits per heavy atom. The number of nitrogens with zero attached hydrogens (tertiary/aromatic N) is 1. The van der Waals surface area contributed by atoms with Crippen LogP contribution < -0.4 is 4.84 Å². The van der Waals surface area contributed by atoms with Crippen molar-refractivity contribution in [3.05, 3.63) is 29.8 Å². The zero-order chi connectivity index (χ0) is 14.8. The zero-order valence-corrected chi connectivity index (χ0v) is 12.7. The van der Waals surface area contributed by atoms with Crippen LogP contribution in [0.25, 0.3) is 0 Å². The van der Waals surface area contributed by atoms with Crippen LogP contribution in [0.3, 0.4) is 0 Å². The highest BCUT2D eigenvalue weighted by Crippen LogP contribution is 2.55. The van der Waals surface area contributed by atoms with Crippen molar-refractivity contribution in [1.82, 2.24) is 9.74 Å². The van der Waals surface area contributed by atoms with Crippen molar-refractivity contribution in [2.45, 2.75) is 25.7 Å². The molecule has 110 valence electrons. The molecule has 1 aliphatic rings. The highest BCUT2D eigenvalue weighted by atomic mass is 35.5. The molecule has 1 unspecified atom stereocenters. The molecule has 1 aromatic rings. The highest BCUT2D eigenvalue weighted by Gasteiger charge is 2.61. The molecule has 1 saturated carbocycles. The molecule has 2 N–H and O–H groups in total. The molecule has 0 heterocycles. The van der Waals surface area contributed by atoms with Crippen LogP contribution in [0.15, 0.2) is 24.3 Å². The van der Waals surface area contributed by atoms with E-state index in [1.54, 1.807) is 12.1 Å². The molecule has 4 nitrogen and oxygen atoms in total. The van der Waals surface area contributed by atoms with Gasteiger partial charge in [0.2, 0.25) is 5.91 Å². The average molecular weight is 297 g/mol. The standard InChI is InChI=1S/C15H21ClN2O2/c1-3-18(4-2)14(20)15(9-12(15)10-17-16)11-5-7-13(19)8-6-11/h5-8,12,17,19H,3-4,9-10H2,1-2H3/t12?,15-/m1/s1. The summed E-state index contributed by atoms with van der Waals surface area (Å²) in [7, 11) is 0. The minimum absolute atomic E-state index is 0.158. The van der Waals surface area contributed by atoms with Gasteiger partial charge in [0.15, 0.2) is 0 Å². The summed E-state index contributed by atoms with van der Waals surface area (Å²) in [5, 5.41) is 9.42. The first-order valence-corrected chi connectivity index (χ1v) is 7.40. The number of halogens is 1. The summed E-state index contributed by atoms with van der Waals surface area (Å²) < 4.78 is 0. The van der Waals surface area contributed by atoms with Gasteiger partial charge in [-0.2, -0.15) is 0 Å². The van der Waals surface area contributed by atoms with Gasteiger partial charge in [-0.3, -0.25) is 4.79 Å². The monoisotopic (exact) mass is 296 g/mol. The summed E-state index contributed by atoms with van der Waals surface area (Å²) in [5.74, 6) is 0.578. The van der Waals surface area contributed by atoms with Crippen molar-refractivity contribution < 1.29 is 9.90 Å². The molecule has 0 saturated heterocycles. The number of aromatic hydroxyl groups is 1. The van der Waals surface area contributed by atoms with Gasteiger partial charge in [0.1, 0.15) is 5.75 Å². The molecule has 0 aromatic heterocycles. The van der Waals surface area contributed by atoms with E-state index in [9.17, 15) is 9.90 Å². The van der Waals surface area contributed by atoms with E-state index in [-0.39, 0.29) is 17.6 Å². The van der Waals surface area contributed by atoms with Crippen molar-refractivity contribution in [3.8, 4) is 5.75 Å². The Labute approximate surface area is 124 Å². The van der Waals surface area contributed by atoms with Crippen molar-refractivity contribution in [2.75, 3.05) is 19.6 Å². The van der Waals surface area contributed by atoms with E-state index in [1.165, 1.54) is 0 Å². The fraction of sp³-hybridized carbons (Fsp3) is 0.533. The van der Waals surface area contributed by atoms with Gasteiger partial charge in [0.05, 0.1) is 5.41 Å². The molecule has 0 radical (unpaired) electrons. The first-order chi connectivity index (χ1) is 9.59. The number of carbonyl (C=O) groups excluding carboxylic acids is 1. The Balaban J connectivity index is 2.33. The van der Waals surface area contributed by atoms with E-state index in [0.29, 0.717) is 19.6 Å². The SMILES string of the molecule is CCN(CC)C(=O)[C@@]1(c2ccc(O)cc2)CC1CNCl. The molecule has 20 heavy (non-hydrogen) atoms. The second kappa shape index (κ2) is 6.02. The number of phenolic OH excluding ortho intramolecular Hbond substituents is 1. The zero-order valence-electron chi connectivity index (χ0n) is 11.9. The number of phenols is 1. The number of hydrogen-bond donors (Lipinski definition) is 2. The van der Waals surface area contributed by atoms with Gasteiger partial charge in [-0.15, -0.1) is 0 Å². The molecule has 5 heteroatoms. The number of carbonyl (C=O) groups is 1. The van der Waals surface area contributed by atoms with Crippen LogP contribution in [-0.4, -0.2) is 35.5 Å². The predicted molar refractivity (Wildman–Crippen MR) is 79.7 cm³/mol. The van der Waals surface area contributed by atoms with E-state index in [0.717, 1.165) is 12.0 Å². The third-order valence-corrected chi connectivity index (χ3v) is 4.40. The molecule has 0 bridgehead atoms. The Morgan fingerprint density at radius 2 is 2.00 bits per heavy atom. The van der Waals surface area contributed by atoms with Crippen LogP contribution in [0.4, 0.5) is 0 Å². The third kappa shape index (κ3) is 2.50. The van der Waals surface area contributed by atoms with Crippen molar-refractivity contribution in [2.24, 2.45) is 5.92 Å². The van der Waals surface area contributed by atoms with Gasteiger partial charge in [0, 0.05) is 19.6 Å². The number of likely N-dealkylation sites (N-methyl/N-ethyl adjacent to an activating group) is 1. The van der Waals surface area contributed by atoms with Crippen molar-refractivity contribution in [3.63, 3.8) is 0 Å². The maximum atomic E-state index is 12.9. The lowest BCUT2D eigenvalue weighted by Gasteiger charge is -2.26. The predicted octanol–water partition coefficient (Wildman–Crippen LogP) is 2.26. The quantitative estimate of drug-likeness (QED) is 0.792. The molecule has 0 spiro atoms. The largest absolute Gasteiger partial charge is 0.508 e. The van der Waals surface area contributed by atoms with Gasteiger partial charge < -0.3 is 10.0 Å². The highest BCUT2D eigenvalue weighted by molar-refractivity contribution is 6.13. The molecule has 2 rings (SSSR count). The minimum atomic E-state index is -0.485. The average Bonchev–Trinajstić information content (AvgIpc) is 3.16. The van der Waals surface area contributed by atoms with Crippen LogP contribution in [0.5, 0.6) is 5.75 Å². The first kappa shape index (κ1) is 15.1. The second-order valence-electron chi connectivity index (χ2n) is 5.23. The lowest BCUT2D eigenvalue weighted by molar-refractivity contribution is -0.134. The number of amides is 1. The summed E-state index contributed by atoms with van der Waals surface area (Å²) in [5.41, 5.74) is 0.478. The number of benzene rings is 1. The smallest absolute Gasteiger partial charge is 0.233 e. The molecule has 1 aromatic carbocycles. The van der Waals surface area contributed by atoms with Crippen molar-refractivity contribution >= 4 is 17.7 Å². The fourth-order valence-corrected chi connectivity index (χ4v) is 3.15. The molecular formula is C15H21ClN2O2. The molecule has 1 amide bonds. The second-order valence-corrected chi connectivity index (χ2v) is 5.50. The van der Waals surface area contributed by atoms with Crippen LogP contribution >= 0.6 is 11.8 Å². The molecule has 0 aliphatic heterocycles.